The van der Waals surface area contributed by atoms with Crippen molar-refractivity contribution in [2.45, 2.75) is 26.2 Å². The number of benzene rings is 1. The van der Waals surface area contributed by atoms with Crippen LogP contribution in [-0.2, 0) is 5.41 Å². The van der Waals surface area contributed by atoms with E-state index in [1.54, 1.807) is 11.3 Å². The van der Waals surface area contributed by atoms with Gasteiger partial charge in [0.15, 0.2) is 5.51 Å². The predicted octanol–water partition coefficient (Wildman–Crippen LogP) is 3.57. The molecule has 111 valence electrons. The molecule has 3 nitrogen and oxygen atoms in total. The molecule has 0 spiro atoms. The first-order valence-electron chi connectivity index (χ1n) is 7.48. The van der Waals surface area contributed by atoms with Crippen LogP contribution in [0.5, 0.6) is 0 Å². The van der Waals surface area contributed by atoms with Crippen LogP contribution in [0.25, 0.3) is 0 Å². The Hall–Kier alpha value is -1.55. The maximum atomic E-state index is 4.48. The maximum absolute atomic E-state index is 4.48. The summed E-state index contributed by atoms with van der Waals surface area (Å²) in [6.07, 6.45) is 0. The molecule has 1 saturated heterocycles. The van der Waals surface area contributed by atoms with E-state index in [-0.39, 0.29) is 5.41 Å². The van der Waals surface area contributed by atoms with E-state index >= 15 is 0 Å². The van der Waals surface area contributed by atoms with Crippen LogP contribution < -0.4 is 9.80 Å². The molecule has 4 heteroatoms. The minimum Gasteiger partial charge on any atom is -0.368 e. The Labute approximate surface area is 131 Å². The van der Waals surface area contributed by atoms with E-state index in [0.717, 1.165) is 26.2 Å². The second-order valence-corrected chi connectivity index (χ2v) is 7.29. The fourth-order valence-electron chi connectivity index (χ4n) is 2.72. The van der Waals surface area contributed by atoms with E-state index in [1.807, 2.05) is 0 Å². The van der Waals surface area contributed by atoms with Gasteiger partial charge in [-0.3, -0.25) is 0 Å². The summed E-state index contributed by atoms with van der Waals surface area (Å²) in [6, 6.07) is 10.7. The Morgan fingerprint density at radius 1 is 1.00 bits per heavy atom. The highest BCUT2D eigenvalue weighted by molar-refractivity contribution is 7.13. The molecule has 3 rings (SSSR count). The second-order valence-electron chi connectivity index (χ2n) is 6.52. The van der Waals surface area contributed by atoms with Crippen LogP contribution in [0.1, 0.15) is 26.5 Å². The number of thiazole rings is 1. The van der Waals surface area contributed by atoms with E-state index in [2.05, 4.69) is 71.4 Å². The molecule has 0 amide bonds. The van der Waals surface area contributed by atoms with Crippen LogP contribution in [0.15, 0.2) is 30.3 Å². The van der Waals surface area contributed by atoms with Gasteiger partial charge in [0.1, 0.15) is 5.00 Å². The highest BCUT2D eigenvalue weighted by Gasteiger charge is 2.26. The summed E-state index contributed by atoms with van der Waals surface area (Å²) < 4.78 is 0. The molecule has 2 heterocycles. The molecule has 0 N–H and O–H groups in total. The van der Waals surface area contributed by atoms with Gasteiger partial charge < -0.3 is 9.80 Å². The fourth-order valence-corrected chi connectivity index (χ4v) is 3.70. The number of piperazine rings is 1. The molecule has 1 aliphatic heterocycles. The lowest BCUT2D eigenvalue weighted by molar-refractivity contribution is 0.565. The summed E-state index contributed by atoms with van der Waals surface area (Å²) in [4.78, 5) is 9.40. The molecule has 0 unspecified atom stereocenters. The molecule has 1 aromatic heterocycles. The first-order chi connectivity index (χ1) is 10.1. The molecule has 1 aromatic carbocycles. The van der Waals surface area contributed by atoms with Crippen molar-refractivity contribution in [2.75, 3.05) is 36.0 Å². The zero-order valence-electron chi connectivity index (χ0n) is 13.0. The molecular weight excluding hydrogens is 278 g/mol. The van der Waals surface area contributed by atoms with E-state index in [0.29, 0.717) is 0 Å². The number of hydrogen-bond acceptors (Lipinski definition) is 4. The summed E-state index contributed by atoms with van der Waals surface area (Å²) in [5, 5.41) is 1.30. The SMILES string of the molecule is CC(C)(C)c1n[c]sc1N1CCN(c2ccccc2)CC1. The molecule has 1 aliphatic rings. The predicted molar refractivity (Wildman–Crippen MR) is 90.5 cm³/mol. The molecule has 2 aromatic rings. The Morgan fingerprint density at radius 2 is 1.62 bits per heavy atom. The lowest BCUT2D eigenvalue weighted by atomic mass is 9.92. The van der Waals surface area contributed by atoms with Gasteiger partial charge in [0, 0.05) is 37.3 Å². The molecule has 21 heavy (non-hydrogen) atoms. The zero-order valence-corrected chi connectivity index (χ0v) is 13.8. The van der Waals surface area contributed by atoms with Gasteiger partial charge in [-0.15, -0.1) is 0 Å². The highest BCUT2D eigenvalue weighted by Crippen LogP contribution is 2.34. The lowest BCUT2D eigenvalue weighted by Gasteiger charge is -2.37. The van der Waals surface area contributed by atoms with Crippen LogP contribution >= 0.6 is 11.3 Å². The largest absolute Gasteiger partial charge is 0.368 e. The standard InChI is InChI=1S/C17H22N3S/c1-17(2,3)15-16(21-13-18-15)20-11-9-19(10-12-20)14-7-5-4-6-8-14/h4-8H,9-12H2,1-3H3. The second kappa shape index (κ2) is 5.68. The van der Waals surface area contributed by atoms with Crippen molar-refractivity contribution in [2.24, 2.45) is 0 Å². The Bertz CT molecular complexity index is 578. The van der Waals surface area contributed by atoms with Gasteiger partial charge in [0.2, 0.25) is 0 Å². The molecule has 0 bridgehead atoms. The molecule has 0 aliphatic carbocycles. The minimum absolute atomic E-state index is 0.0857. The first kappa shape index (κ1) is 14.4. The summed E-state index contributed by atoms with van der Waals surface area (Å²) in [5.41, 5.74) is 5.67. The van der Waals surface area contributed by atoms with Crippen LogP contribution in [0.3, 0.4) is 0 Å². The number of aromatic nitrogens is 1. The summed E-state index contributed by atoms with van der Waals surface area (Å²) in [7, 11) is 0. The van der Waals surface area contributed by atoms with Gasteiger partial charge >= 0.3 is 0 Å². The average Bonchev–Trinajstić information content (AvgIpc) is 2.98. The van der Waals surface area contributed by atoms with Crippen LogP contribution in [-0.4, -0.2) is 31.2 Å². The van der Waals surface area contributed by atoms with Crippen LogP contribution in [0, 0.1) is 5.51 Å². The molecule has 0 saturated carbocycles. The molecule has 1 radical (unpaired) electrons. The van der Waals surface area contributed by atoms with Gasteiger partial charge in [-0.1, -0.05) is 50.3 Å². The Morgan fingerprint density at radius 3 is 2.24 bits per heavy atom. The van der Waals surface area contributed by atoms with Crippen molar-refractivity contribution in [1.82, 2.24) is 4.98 Å². The van der Waals surface area contributed by atoms with Gasteiger partial charge in [0.25, 0.3) is 0 Å². The number of nitrogens with zero attached hydrogens (tertiary/aromatic N) is 3. The third kappa shape index (κ3) is 3.05. The first-order valence-corrected chi connectivity index (χ1v) is 8.29. The summed E-state index contributed by atoms with van der Waals surface area (Å²) >= 11 is 1.65. The summed E-state index contributed by atoms with van der Waals surface area (Å²) in [6.45, 7) is 10.9. The third-order valence-electron chi connectivity index (χ3n) is 3.90. The molecule has 0 atom stereocenters. The van der Waals surface area contributed by atoms with E-state index < -0.39 is 0 Å². The highest BCUT2D eigenvalue weighted by atomic mass is 32.1. The van der Waals surface area contributed by atoms with Crippen LogP contribution in [0.4, 0.5) is 10.7 Å². The Kier molecular flexibility index (Phi) is 3.89. The monoisotopic (exact) mass is 300 g/mol. The van der Waals surface area contributed by atoms with E-state index in [9.17, 15) is 0 Å². The van der Waals surface area contributed by atoms with E-state index in [4.69, 9.17) is 0 Å². The van der Waals surface area contributed by atoms with E-state index in [1.165, 1.54) is 16.4 Å². The van der Waals surface area contributed by atoms with Gasteiger partial charge in [0.05, 0.1) is 5.69 Å². The van der Waals surface area contributed by atoms with Gasteiger partial charge in [-0.25, -0.2) is 4.98 Å². The summed E-state index contributed by atoms with van der Waals surface area (Å²) in [5.74, 6) is 0. The average molecular weight is 300 g/mol. The fraction of sp³-hybridized carbons (Fsp3) is 0.471. The smallest absolute Gasteiger partial charge is 0.154 e. The topological polar surface area (TPSA) is 19.4 Å². The third-order valence-corrected chi connectivity index (χ3v) is 4.73. The zero-order chi connectivity index (χ0) is 14.9. The Balaban J connectivity index is 1.71. The number of rotatable bonds is 2. The number of anilines is 2. The van der Waals surface area contributed by atoms with Crippen LogP contribution in [0.2, 0.25) is 0 Å². The maximum Gasteiger partial charge on any atom is 0.154 e. The van der Waals surface area contributed by atoms with Crippen molar-refractivity contribution in [3.05, 3.63) is 41.5 Å². The minimum atomic E-state index is 0.0857. The van der Waals surface area contributed by atoms with Crippen molar-refractivity contribution in [3.8, 4) is 0 Å². The molecular formula is C17H22N3S. The lowest BCUT2D eigenvalue weighted by Crippen LogP contribution is -2.46. The van der Waals surface area contributed by atoms with Gasteiger partial charge in [-0.2, -0.15) is 0 Å². The van der Waals surface area contributed by atoms with Crippen molar-refractivity contribution in [1.29, 1.82) is 0 Å². The van der Waals surface area contributed by atoms with Crippen molar-refractivity contribution < 1.29 is 0 Å². The quantitative estimate of drug-likeness (QED) is 0.845. The number of hydrogen-bond donors (Lipinski definition) is 0. The van der Waals surface area contributed by atoms with Gasteiger partial charge in [-0.05, 0) is 12.1 Å². The van der Waals surface area contributed by atoms with Crippen molar-refractivity contribution in [3.63, 3.8) is 0 Å². The molecule has 1 fully saturated rings. The normalized spacial score (nSPS) is 16.3. The van der Waals surface area contributed by atoms with Crippen molar-refractivity contribution >= 4 is 22.0 Å². The number of para-hydroxylation sites is 1.